The molecule has 0 heterocycles. The van der Waals surface area contributed by atoms with E-state index in [1.54, 1.807) is 0 Å². The van der Waals surface area contributed by atoms with E-state index in [1.807, 2.05) is 0 Å². The SMILES string of the molecule is N[C@@H]1CCCC[C@@H]1N.O=P([O-])(O)OP(=O)([O-])O.[OH-].[OH-].[Pt+4]. The van der Waals surface area contributed by atoms with Gasteiger partial charge >= 0.3 is 21.1 Å². The van der Waals surface area contributed by atoms with Crippen molar-refractivity contribution in [2.45, 2.75) is 37.8 Å². The molecule has 0 spiro atoms. The van der Waals surface area contributed by atoms with Crippen molar-refractivity contribution in [2.75, 3.05) is 0 Å². The zero-order valence-electron chi connectivity index (χ0n) is 10.2. The van der Waals surface area contributed by atoms with E-state index in [0.29, 0.717) is 0 Å². The van der Waals surface area contributed by atoms with E-state index in [0.717, 1.165) is 12.8 Å². The number of phosphoric acid groups is 2. The molecule has 0 radical (unpaired) electrons. The van der Waals surface area contributed by atoms with Crippen LogP contribution in [0.5, 0.6) is 0 Å². The van der Waals surface area contributed by atoms with E-state index in [-0.39, 0.29) is 44.1 Å². The van der Waals surface area contributed by atoms with Gasteiger partial charge in [-0.1, -0.05) is 12.8 Å². The minimum absolute atomic E-state index is 0. The Kier molecular flexibility index (Phi) is 17.8. The van der Waals surface area contributed by atoms with Crippen LogP contribution in [0.2, 0.25) is 0 Å². The van der Waals surface area contributed by atoms with Gasteiger partial charge in [0.15, 0.2) is 0 Å². The fourth-order valence-electron chi connectivity index (χ4n) is 1.32. The zero-order chi connectivity index (χ0) is 13.7. The van der Waals surface area contributed by atoms with Gasteiger partial charge in [0.2, 0.25) is 0 Å². The van der Waals surface area contributed by atoms with E-state index in [1.165, 1.54) is 12.8 Å². The molecule has 0 bridgehead atoms. The van der Waals surface area contributed by atoms with Crippen molar-refractivity contribution in [1.29, 1.82) is 0 Å². The van der Waals surface area contributed by atoms with Gasteiger partial charge in [-0.05, 0) is 12.8 Å². The molecule has 1 aliphatic rings. The fraction of sp³-hybridized carbons (Fsp3) is 1.00. The molecule has 0 aromatic carbocycles. The quantitative estimate of drug-likeness (QED) is 0.285. The zero-order valence-corrected chi connectivity index (χ0v) is 14.2. The van der Waals surface area contributed by atoms with Gasteiger partial charge in [-0.3, -0.25) is 9.13 Å². The molecule has 0 saturated heterocycles. The molecule has 11 nitrogen and oxygen atoms in total. The maximum Gasteiger partial charge on any atom is 4.00 e. The Morgan fingerprint density at radius 3 is 1.30 bits per heavy atom. The van der Waals surface area contributed by atoms with Gasteiger partial charge in [-0.15, -0.1) is 0 Å². The van der Waals surface area contributed by atoms with Gasteiger partial charge in [-0.25, -0.2) is 4.31 Å². The van der Waals surface area contributed by atoms with E-state index >= 15 is 0 Å². The first kappa shape index (κ1) is 28.9. The Balaban J connectivity index is -0.000000112. The number of rotatable bonds is 2. The molecule has 8 N–H and O–H groups in total. The topological polar surface area (TPSA) is 242 Å². The predicted molar refractivity (Wildman–Crippen MR) is 59.0 cm³/mol. The normalized spacial score (nSPS) is 26.9. The average molecular weight is 519 g/mol. The van der Waals surface area contributed by atoms with Crippen LogP contribution >= 0.6 is 15.6 Å². The van der Waals surface area contributed by atoms with Crippen LogP contribution in [0.15, 0.2) is 0 Å². The molecule has 1 fully saturated rings. The molecule has 20 heavy (non-hydrogen) atoms. The third kappa shape index (κ3) is 18.8. The molecular formula is C6H18N2O9P2Pt. The molecule has 1 saturated carbocycles. The van der Waals surface area contributed by atoms with Crippen molar-refractivity contribution in [3.8, 4) is 0 Å². The van der Waals surface area contributed by atoms with E-state index < -0.39 is 15.6 Å². The summed E-state index contributed by atoms with van der Waals surface area (Å²) in [6, 6.07) is 0.562. The monoisotopic (exact) mass is 519 g/mol. The first-order valence-electron chi connectivity index (χ1n) is 4.81. The summed E-state index contributed by atoms with van der Waals surface area (Å²) < 4.78 is 21.7. The Morgan fingerprint density at radius 2 is 1.20 bits per heavy atom. The largest absolute Gasteiger partial charge is 4.00 e. The van der Waals surface area contributed by atoms with Gasteiger partial charge in [0.05, 0.1) is 0 Å². The molecule has 1 aliphatic carbocycles. The third-order valence-electron chi connectivity index (χ3n) is 2.08. The molecule has 0 aromatic rings. The molecule has 4 atom stereocenters. The summed E-state index contributed by atoms with van der Waals surface area (Å²) in [7, 11) is -10.7. The maximum atomic E-state index is 9.48. The van der Waals surface area contributed by atoms with E-state index in [9.17, 15) is 18.9 Å². The van der Waals surface area contributed by atoms with E-state index in [2.05, 4.69) is 4.31 Å². The second-order valence-corrected chi connectivity index (χ2v) is 6.16. The van der Waals surface area contributed by atoms with Crippen molar-refractivity contribution in [3.63, 3.8) is 0 Å². The van der Waals surface area contributed by atoms with Gasteiger partial charge in [0.1, 0.15) is 0 Å². The van der Waals surface area contributed by atoms with Crippen LogP contribution in [0, 0.1) is 0 Å². The molecule has 14 heteroatoms. The maximum absolute atomic E-state index is 9.48. The van der Waals surface area contributed by atoms with Crippen LogP contribution in [-0.4, -0.2) is 32.8 Å². The van der Waals surface area contributed by atoms with Crippen LogP contribution in [-0.2, 0) is 34.5 Å². The number of hydrogen-bond acceptors (Lipinski definition) is 9. The van der Waals surface area contributed by atoms with Gasteiger partial charge in [0, 0.05) is 12.1 Å². The number of nitrogens with two attached hydrogens (primary N) is 2. The minimum atomic E-state index is -5.36. The van der Waals surface area contributed by atoms with Gasteiger partial charge in [-0.2, -0.15) is 0 Å². The Morgan fingerprint density at radius 1 is 0.950 bits per heavy atom. The Hall–Kier alpha value is 0.788. The molecule has 0 aromatic heterocycles. The standard InChI is InChI=1S/C6H14N2.H4O7P2.2H2O.Pt/c7-5-3-1-2-4-6(5)8;1-8(2,3)7-9(4,5)6;;;/h5-6H,1-4,7-8H2;(H2,1,2,3)(H2,4,5,6);2*1H2;/q;;;;+4/p-4/t5-,6+;;;;. The summed E-state index contributed by atoms with van der Waals surface area (Å²) in [6.07, 6.45) is 4.80. The smallest absolute Gasteiger partial charge is 0.870 e. The van der Waals surface area contributed by atoms with Crippen LogP contribution in [0.25, 0.3) is 0 Å². The predicted octanol–water partition coefficient (Wildman–Crippen LogP) is -2.22. The molecule has 1 rings (SSSR count). The van der Waals surface area contributed by atoms with Crippen molar-refractivity contribution in [1.82, 2.24) is 0 Å². The van der Waals surface area contributed by atoms with Crippen LogP contribution in [0.1, 0.15) is 25.7 Å². The molecule has 2 unspecified atom stereocenters. The van der Waals surface area contributed by atoms with Crippen LogP contribution in [0.4, 0.5) is 0 Å². The summed E-state index contributed by atoms with van der Waals surface area (Å²) in [5.74, 6) is 0. The summed E-state index contributed by atoms with van der Waals surface area (Å²) in [6.45, 7) is 0. The minimum Gasteiger partial charge on any atom is -0.870 e. The summed E-state index contributed by atoms with van der Waals surface area (Å²) in [5, 5.41) is 0. The van der Waals surface area contributed by atoms with Crippen molar-refractivity contribution < 1.29 is 65.0 Å². The molecule has 0 amide bonds. The van der Waals surface area contributed by atoms with Gasteiger partial charge in [0.25, 0.3) is 15.6 Å². The molecule has 126 valence electrons. The third-order valence-corrected chi connectivity index (χ3v) is 3.73. The fourth-order valence-corrected chi connectivity index (χ4v) is 2.36. The Labute approximate surface area is 130 Å². The Bertz CT molecular complexity index is 292. The van der Waals surface area contributed by atoms with Crippen molar-refractivity contribution in [3.05, 3.63) is 0 Å². The number of hydrogen-bond donors (Lipinski definition) is 4. The summed E-state index contributed by atoms with van der Waals surface area (Å²) >= 11 is 0. The first-order valence-corrected chi connectivity index (χ1v) is 7.80. The van der Waals surface area contributed by atoms with Crippen LogP contribution in [0.3, 0.4) is 0 Å². The van der Waals surface area contributed by atoms with Crippen molar-refractivity contribution >= 4 is 15.6 Å². The average Bonchev–Trinajstić information content (AvgIpc) is 2.04. The van der Waals surface area contributed by atoms with Crippen LogP contribution < -0.4 is 21.3 Å². The first-order chi connectivity index (χ1) is 7.51. The molecule has 0 aliphatic heterocycles. The second-order valence-electron chi connectivity index (χ2n) is 3.63. The summed E-state index contributed by atoms with van der Waals surface area (Å²) in [4.78, 5) is 34.1. The van der Waals surface area contributed by atoms with Crippen molar-refractivity contribution in [2.24, 2.45) is 11.5 Å². The van der Waals surface area contributed by atoms with Gasteiger partial charge < -0.3 is 42.0 Å². The van der Waals surface area contributed by atoms with E-state index in [4.69, 9.17) is 21.3 Å². The summed E-state index contributed by atoms with van der Waals surface area (Å²) in [5.41, 5.74) is 11.3. The molecular weight excluding hydrogens is 501 g/mol. The second kappa shape index (κ2) is 12.3.